The topological polar surface area (TPSA) is 93.6 Å². The molecule has 4 heterocycles. The number of H-pyrrole nitrogens is 1. The molecule has 5 aromatic rings. The second-order valence-corrected chi connectivity index (χ2v) is 5.00. The van der Waals surface area contributed by atoms with Gasteiger partial charge in [-0.05, 0) is 12.1 Å². The summed E-state index contributed by atoms with van der Waals surface area (Å²) in [5.41, 5.74) is 2.04. The highest BCUT2D eigenvalue weighted by atomic mass is 16.3. The van der Waals surface area contributed by atoms with Crippen molar-refractivity contribution in [2.45, 2.75) is 0 Å². The van der Waals surface area contributed by atoms with Crippen molar-refractivity contribution >= 4 is 22.1 Å². The minimum atomic E-state index is 0.410. The summed E-state index contributed by atoms with van der Waals surface area (Å²) in [5.74, 6) is 2.02. The Kier molecular flexibility index (Phi) is 2.37. The fourth-order valence-electron chi connectivity index (χ4n) is 2.46. The first-order valence-electron chi connectivity index (χ1n) is 6.98. The Balaban J connectivity index is 1.64. The Morgan fingerprint density at radius 2 is 2.00 bits per heavy atom. The van der Waals surface area contributed by atoms with Crippen molar-refractivity contribution in [2.24, 2.45) is 0 Å². The number of rotatable bonds is 2. The van der Waals surface area contributed by atoms with Gasteiger partial charge in [-0.15, -0.1) is 0 Å². The van der Waals surface area contributed by atoms with E-state index in [4.69, 9.17) is 8.83 Å². The molecule has 7 heteroatoms. The number of furan rings is 1. The lowest BCUT2D eigenvalue weighted by molar-refractivity contribution is 0.570. The van der Waals surface area contributed by atoms with Gasteiger partial charge in [-0.3, -0.25) is 0 Å². The van der Waals surface area contributed by atoms with Crippen LogP contribution in [-0.4, -0.2) is 24.9 Å². The lowest BCUT2D eigenvalue weighted by atomic mass is 10.2. The van der Waals surface area contributed by atoms with E-state index in [1.165, 1.54) is 6.26 Å². The van der Waals surface area contributed by atoms with E-state index in [2.05, 4.69) is 24.9 Å². The smallest absolute Gasteiger partial charge is 0.262 e. The van der Waals surface area contributed by atoms with Crippen molar-refractivity contribution in [1.82, 2.24) is 24.9 Å². The highest BCUT2D eigenvalue weighted by Crippen LogP contribution is 2.26. The number of para-hydroxylation sites is 1. The lowest BCUT2D eigenvalue weighted by Crippen LogP contribution is -1.87. The molecule has 1 N–H and O–H groups in total. The predicted molar refractivity (Wildman–Crippen MR) is 82.4 cm³/mol. The summed E-state index contributed by atoms with van der Waals surface area (Å²) in [4.78, 5) is 20.3. The molecule has 0 fully saturated rings. The SMILES string of the molecule is c1ccc2oc(-c3ncc4[nH]c(-c5ncco5)nc4n3)cc2c1. The monoisotopic (exact) mass is 303 g/mol. The number of imidazole rings is 1. The number of hydrogen-bond acceptors (Lipinski definition) is 6. The summed E-state index contributed by atoms with van der Waals surface area (Å²) >= 11 is 0. The van der Waals surface area contributed by atoms with Crippen LogP contribution < -0.4 is 0 Å². The fraction of sp³-hybridized carbons (Fsp3) is 0. The van der Waals surface area contributed by atoms with Crippen LogP contribution in [0.2, 0.25) is 0 Å². The molecule has 0 radical (unpaired) electrons. The van der Waals surface area contributed by atoms with Gasteiger partial charge in [0.1, 0.15) is 17.4 Å². The van der Waals surface area contributed by atoms with Crippen LogP contribution in [0.1, 0.15) is 0 Å². The molecule has 110 valence electrons. The van der Waals surface area contributed by atoms with Crippen LogP contribution >= 0.6 is 0 Å². The summed E-state index contributed by atoms with van der Waals surface area (Å²) in [6, 6.07) is 9.69. The summed E-state index contributed by atoms with van der Waals surface area (Å²) in [5, 5.41) is 1.01. The molecular formula is C16H9N5O2. The van der Waals surface area contributed by atoms with Crippen molar-refractivity contribution in [1.29, 1.82) is 0 Å². The predicted octanol–water partition coefficient (Wildman–Crippen LogP) is 3.42. The van der Waals surface area contributed by atoms with Crippen molar-refractivity contribution in [2.75, 3.05) is 0 Å². The molecule has 0 saturated heterocycles. The van der Waals surface area contributed by atoms with Crippen LogP contribution in [-0.2, 0) is 0 Å². The van der Waals surface area contributed by atoms with Crippen molar-refractivity contribution in [3.05, 3.63) is 49.0 Å². The fourth-order valence-corrected chi connectivity index (χ4v) is 2.46. The van der Waals surface area contributed by atoms with Crippen LogP contribution in [0.4, 0.5) is 0 Å². The first-order chi connectivity index (χ1) is 11.4. The van der Waals surface area contributed by atoms with Crippen LogP contribution in [0, 0.1) is 0 Å². The number of benzene rings is 1. The van der Waals surface area contributed by atoms with Gasteiger partial charge in [-0.25, -0.2) is 19.9 Å². The number of hydrogen-bond donors (Lipinski definition) is 1. The molecular weight excluding hydrogens is 294 g/mol. The Labute approximate surface area is 129 Å². The van der Waals surface area contributed by atoms with Crippen molar-refractivity contribution in [3.8, 4) is 23.3 Å². The number of aromatic amines is 1. The molecule has 0 spiro atoms. The summed E-state index contributed by atoms with van der Waals surface area (Å²) in [6.45, 7) is 0. The molecule has 0 amide bonds. The third-order valence-corrected chi connectivity index (χ3v) is 3.52. The minimum Gasteiger partial charge on any atom is -0.453 e. The van der Waals surface area contributed by atoms with Crippen LogP contribution in [0.15, 0.2) is 57.8 Å². The van der Waals surface area contributed by atoms with E-state index in [-0.39, 0.29) is 0 Å². The van der Waals surface area contributed by atoms with Gasteiger partial charge in [0.2, 0.25) is 0 Å². The Morgan fingerprint density at radius 1 is 1.04 bits per heavy atom. The maximum absolute atomic E-state index is 5.79. The second kappa shape index (κ2) is 4.51. The number of nitrogens with zero attached hydrogens (tertiary/aromatic N) is 4. The summed E-state index contributed by atoms with van der Waals surface area (Å²) in [7, 11) is 0. The average molecular weight is 303 g/mol. The van der Waals surface area contributed by atoms with E-state index in [9.17, 15) is 0 Å². The second-order valence-electron chi connectivity index (χ2n) is 5.00. The highest BCUT2D eigenvalue weighted by Gasteiger charge is 2.14. The molecule has 0 saturated carbocycles. The van der Waals surface area contributed by atoms with Crippen molar-refractivity contribution in [3.63, 3.8) is 0 Å². The molecule has 0 unspecified atom stereocenters. The zero-order chi connectivity index (χ0) is 15.2. The number of nitrogens with one attached hydrogen (secondary N) is 1. The molecule has 0 aliphatic carbocycles. The summed E-state index contributed by atoms with van der Waals surface area (Å²) < 4.78 is 11.0. The largest absolute Gasteiger partial charge is 0.453 e. The third kappa shape index (κ3) is 1.90. The molecule has 0 bridgehead atoms. The van der Waals surface area contributed by atoms with E-state index < -0.39 is 0 Å². The molecule has 5 rings (SSSR count). The summed E-state index contributed by atoms with van der Waals surface area (Å²) in [6.07, 6.45) is 4.73. The Bertz CT molecular complexity index is 1090. The van der Waals surface area contributed by atoms with E-state index in [0.29, 0.717) is 34.5 Å². The van der Waals surface area contributed by atoms with E-state index in [1.54, 1.807) is 12.4 Å². The van der Waals surface area contributed by atoms with Crippen LogP contribution in [0.5, 0.6) is 0 Å². The first kappa shape index (κ1) is 12.1. The normalized spacial score (nSPS) is 11.5. The Morgan fingerprint density at radius 3 is 2.87 bits per heavy atom. The quantitative estimate of drug-likeness (QED) is 0.537. The Hall–Kier alpha value is -3.48. The number of oxazole rings is 1. The van der Waals surface area contributed by atoms with Gasteiger partial charge in [0, 0.05) is 5.39 Å². The van der Waals surface area contributed by atoms with Crippen LogP contribution in [0.3, 0.4) is 0 Å². The van der Waals surface area contributed by atoms with Gasteiger partial charge in [0.15, 0.2) is 23.1 Å². The van der Waals surface area contributed by atoms with Gasteiger partial charge < -0.3 is 13.8 Å². The average Bonchev–Trinajstić information content (AvgIpc) is 3.31. The van der Waals surface area contributed by atoms with E-state index in [0.717, 1.165) is 11.0 Å². The maximum atomic E-state index is 5.79. The zero-order valence-corrected chi connectivity index (χ0v) is 11.7. The molecule has 0 aliphatic heterocycles. The van der Waals surface area contributed by atoms with Crippen molar-refractivity contribution < 1.29 is 8.83 Å². The number of aromatic nitrogens is 5. The van der Waals surface area contributed by atoms with E-state index >= 15 is 0 Å². The highest BCUT2D eigenvalue weighted by molar-refractivity contribution is 5.82. The molecule has 0 aliphatic rings. The lowest BCUT2D eigenvalue weighted by Gasteiger charge is -1.93. The molecule has 1 aromatic carbocycles. The molecule has 0 atom stereocenters. The maximum Gasteiger partial charge on any atom is 0.262 e. The third-order valence-electron chi connectivity index (χ3n) is 3.52. The zero-order valence-electron chi connectivity index (χ0n) is 11.7. The van der Waals surface area contributed by atoms with Gasteiger partial charge in [-0.1, -0.05) is 18.2 Å². The van der Waals surface area contributed by atoms with Gasteiger partial charge in [0.05, 0.1) is 12.4 Å². The van der Waals surface area contributed by atoms with Gasteiger partial charge >= 0.3 is 0 Å². The number of fused-ring (bicyclic) bond motifs is 2. The van der Waals surface area contributed by atoms with Gasteiger partial charge in [0.25, 0.3) is 5.89 Å². The molecule has 23 heavy (non-hydrogen) atoms. The minimum absolute atomic E-state index is 0.410. The first-order valence-corrected chi connectivity index (χ1v) is 6.98. The van der Waals surface area contributed by atoms with Crippen LogP contribution in [0.25, 0.3) is 45.4 Å². The molecule has 7 nitrogen and oxygen atoms in total. The standard InChI is InChI=1S/C16H9N5O2/c1-2-4-11-9(3-1)7-12(23-11)14-18-8-10-13(20-14)21-15(19-10)16-17-5-6-22-16/h1-8H,(H,18,19,20,21). The molecule has 4 aromatic heterocycles. The van der Waals surface area contributed by atoms with Gasteiger partial charge in [-0.2, -0.15) is 0 Å². The van der Waals surface area contributed by atoms with E-state index in [1.807, 2.05) is 30.3 Å².